The van der Waals surface area contributed by atoms with Crippen molar-refractivity contribution in [2.45, 2.75) is 19.8 Å². The van der Waals surface area contributed by atoms with E-state index in [4.69, 9.17) is 32.8 Å². The Balaban J connectivity index is 2.03. The average Bonchev–Trinajstić information content (AvgIpc) is 3.17. The van der Waals surface area contributed by atoms with Crippen molar-refractivity contribution in [2.75, 3.05) is 26.9 Å². The van der Waals surface area contributed by atoms with E-state index >= 15 is 0 Å². The van der Waals surface area contributed by atoms with Gasteiger partial charge in [0.05, 0.1) is 48.9 Å². The number of imidazole rings is 1. The van der Waals surface area contributed by atoms with Gasteiger partial charge in [0.2, 0.25) is 0 Å². The van der Waals surface area contributed by atoms with Gasteiger partial charge in [-0.05, 0) is 61.3 Å². The van der Waals surface area contributed by atoms with Crippen LogP contribution in [0.3, 0.4) is 0 Å². The fourth-order valence-corrected chi connectivity index (χ4v) is 3.34. The van der Waals surface area contributed by atoms with Crippen LogP contribution in [0.5, 0.6) is 0 Å². The molecule has 0 bridgehead atoms. The van der Waals surface area contributed by atoms with Gasteiger partial charge in [-0.15, -0.1) is 0 Å². The third-order valence-electron chi connectivity index (χ3n) is 5.04. The Kier molecular flexibility index (Phi) is 7.67. The molecular weight excluding hydrogens is 412 g/mol. The summed E-state index contributed by atoms with van der Waals surface area (Å²) in [5.74, 6) is 0. The maximum Gasteiger partial charge on any atom is 0.186 e. The number of hydrazone groups is 1. The minimum Gasteiger partial charge on any atom is -0.394 e. The molecule has 164 valence electrons. The van der Waals surface area contributed by atoms with Gasteiger partial charge < -0.3 is 20.1 Å². The summed E-state index contributed by atoms with van der Waals surface area (Å²) < 4.78 is 7.32. The van der Waals surface area contributed by atoms with E-state index in [0.29, 0.717) is 13.2 Å². The van der Waals surface area contributed by atoms with Gasteiger partial charge in [0.15, 0.2) is 5.11 Å². The molecule has 0 aliphatic heterocycles. The molecule has 3 rings (SSSR count). The van der Waals surface area contributed by atoms with Crippen molar-refractivity contribution in [1.82, 2.24) is 19.5 Å². The van der Waals surface area contributed by atoms with Crippen molar-refractivity contribution >= 4 is 34.4 Å². The number of hydrogen-bond donors (Lipinski definition) is 2. The van der Waals surface area contributed by atoms with Gasteiger partial charge in [-0.3, -0.25) is 0 Å². The van der Waals surface area contributed by atoms with E-state index in [9.17, 15) is 0 Å². The molecular formula is C22H28N6O2S. The number of hydrogen-bond acceptors (Lipinski definition) is 6. The normalized spacial score (nSPS) is 11.5. The summed E-state index contributed by atoms with van der Waals surface area (Å²) in [5, 5.41) is 15.9. The van der Waals surface area contributed by atoms with Crippen LogP contribution in [-0.4, -0.2) is 62.8 Å². The molecule has 3 N–H and O–H groups in total. The minimum absolute atomic E-state index is 0.0447. The van der Waals surface area contributed by atoms with Crippen LogP contribution in [0.2, 0.25) is 0 Å². The highest BCUT2D eigenvalue weighted by molar-refractivity contribution is 7.80. The lowest BCUT2D eigenvalue weighted by Gasteiger charge is -2.13. The second kappa shape index (κ2) is 10.4. The first-order valence-corrected chi connectivity index (χ1v) is 10.5. The van der Waals surface area contributed by atoms with Crippen molar-refractivity contribution in [3.8, 4) is 11.4 Å². The number of pyridine rings is 1. The van der Waals surface area contributed by atoms with Crippen molar-refractivity contribution in [1.29, 1.82) is 0 Å². The van der Waals surface area contributed by atoms with E-state index in [-0.39, 0.29) is 11.7 Å². The topological polar surface area (TPSA) is 102 Å². The average molecular weight is 441 g/mol. The van der Waals surface area contributed by atoms with Gasteiger partial charge in [0.1, 0.15) is 0 Å². The summed E-state index contributed by atoms with van der Waals surface area (Å²) in [4.78, 5) is 9.10. The molecule has 0 spiro atoms. The molecule has 31 heavy (non-hydrogen) atoms. The lowest BCUT2D eigenvalue weighted by Crippen LogP contribution is -2.27. The standard InChI is InChI=1S/C22H28N6O2S/c1-15-9-19-18(10-16(15)5-4-7-30-8-6-29)17(12-25-28(3)22(23)31)11-20(26-19)21-13-24-14-27(21)2/h9-14,29H,4-8H2,1-3H3,(H2,23,31)/b25-12+. The van der Waals surface area contributed by atoms with Gasteiger partial charge in [0, 0.05) is 31.7 Å². The summed E-state index contributed by atoms with van der Waals surface area (Å²) in [5.41, 5.74) is 11.6. The lowest BCUT2D eigenvalue weighted by atomic mass is 9.98. The highest BCUT2D eigenvalue weighted by atomic mass is 32.1. The molecule has 0 saturated carbocycles. The zero-order valence-corrected chi connectivity index (χ0v) is 18.9. The van der Waals surface area contributed by atoms with Crippen LogP contribution in [0.4, 0.5) is 0 Å². The Hall–Kier alpha value is -2.88. The number of aryl methyl sites for hydroxylation is 3. The Morgan fingerprint density at radius 2 is 2.16 bits per heavy atom. The molecule has 0 fully saturated rings. The quantitative estimate of drug-likeness (QED) is 0.228. The van der Waals surface area contributed by atoms with E-state index in [2.05, 4.69) is 29.1 Å². The summed E-state index contributed by atoms with van der Waals surface area (Å²) in [6, 6.07) is 6.27. The maximum absolute atomic E-state index is 8.84. The number of fused-ring (bicyclic) bond motifs is 1. The molecule has 0 unspecified atom stereocenters. The zero-order chi connectivity index (χ0) is 22.4. The van der Waals surface area contributed by atoms with Crippen LogP contribution >= 0.6 is 12.2 Å². The van der Waals surface area contributed by atoms with Crippen LogP contribution in [-0.2, 0) is 18.2 Å². The first-order chi connectivity index (χ1) is 14.9. The van der Waals surface area contributed by atoms with Crippen LogP contribution in [0.25, 0.3) is 22.3 Å². The number of aliphatic hydroxyl groups is 1. The van der Waals surface area contributed by atoms with Gasteiger partial charge in [-0.2, -0.15) is 5.10 Å². The monoisotopic (exact) mass is 440 g/mol. The first-order valence-electron chi connectivity index (χ1n) is 10.1. The molecule has 0 saturated heterocycles. The van der Waals surface area contributed by atoms with Gasteiger partial charge in [0.25, 0.3) is 0 Å². The smallest absolute Gasteiger partial charge is 0.186 e. The Morgan fingerprint density at radius 3 is 2.84 bits per heavy atom. The number of nitrogens with zero attached hydrogens (tertiary/aromatic N) is 5. The van der Waals surface area contributed by atoms with Gasteiger partial charge in [-0.25, -0.2) is 15.0 Å². The van der Waals surface area contributed by atoms with Crippen LogP contribution < -0.4 is 5.73 Å². The van der Waals surface area contributed by atoms with Crippen molar-refractivity contribution < 1.29 is 9.84 Å². The molecule has 0 aliphatic carbocycles. The Morgan fingerprint density at radius 1 is 1.35 bits per heavy atom. The van der Waals surface area contributed by atoms with E-state index < -0.39 is 0 Å². The SMILES string of the molecule is Cc1cc2nc(-c3cncn3C)cc(/C=N/N(C)C(N)=S)c2cc1CCCOCCO. The minimum atomic E-state index is 0.0447. The third-order valence-corrected chi connectivity index (χ3v) is 5.30. The number of ether oxygens (including phenoxy) is 1. The van der Waals surface area contributed by atoms with Crippen LogP contribution in [0.1, 0.15) is 23.1 Å². The van der Waals surface area contributed by atoms with Crippen molar-refractivity contribution in [2.24, 2.45) is 17.9 Å². The third kappa shape index (κ3) is 5.63. The summed E-state index contributed by atoms with van der Waals surface area (Å²) in [6.45, 7) is 3.12. The van der Waals surface area contributed by atoms with Gasteiger partial charge >= 0.3 is 0 Å². The molecule has 2 heterocycles. The molecule has 9 heteroatoms. The van der Waals surface area contributed by atoms with E-state index in [1.807, 2.05) is 17.7 Å². The van der Waals surface area contributed by atoms with E-state index in [0.717, 1.165) is 40.7 Å². The predicted octanol–water partition coefficient (Wildman–Crippen LogP) is 2.39. The highest BCUT2D eigenvalue weighted by Gasteiger charge is 2.12. The number of aromatic nitrogens is 3. The highest BCUT2D eigenvalue weighted by Crippen LogP contribution is 2.27. The fraction of sp³-hybridized carbons (Fsp3) is 0.364. The second-order valence-corrected chi connectivity index (χ2v) is 7.75. The summed E-state index contributed by atoms with van der Waals surface area (Å²) in [7, 11) is 3.65. The predicted molar refractivity (Wildman–Crippen MR) is 127 cm³/mol. The zero-order valence-electron chi connectivity index (χ0n) is 18.1. The second-order valence-electron chi connectivity index (χ2n) is 7.33. The van der Waals surface area contributed by atoms with Crippen LogP contribution in [0, 0.1) is 6.92 Å². The first kappa shape index (κ1) is 22.8. The van der Waals surface area contributed by atoms with Crippen molar-refractivity contribution in [3.05, 3.63) is 47.4 Å². The molecule has 0 amide bonds. The van der Waals surface area contributed by atoms with E-state index in [1.54, 1.807) is 25.8 Å². The molecule has 1 aromatic carbocycles. The molecule has 0 atom stereocenters. The molecule has 2 aromatic heterocycles. The largest absolute Gasteiger partial charge is 0.394 e. The van der Waals surface area contributed by atoms with Crippen LogP contribution in [0.15, 0.2) is 35.8 Å². The molecule has 0 aliphatic rings. The number of aliphatic hydroxyl groups excluding tert-OH is 1. The number of nitrogens with two attached hydrogens (primary N) is 1. The number of thiocarbonyl (C=S) groups is 1. The van der Waals surface area contributed by atoms with E-state index in [1.165, 1.54) is 16.1 Å². The Labute approximate surface area is 187 Å². The summed E-state index contributed by atoms with van der Waals surface area (Å²) in [6.07, 6.45) is 7.06. The fourth-order valence-electron chi connectivity index (χ4n) is 3.30. The molecule has 3 aromatic rings. The lowest BCUT2D eigenvalue weighted by molar-refractivity contribution is 0.0909. The van der Waals surface area contributed by atoms with Gasteiger partial charge in [-0.1, -0.05) is 0 Å². The molecule has 8 nitrogen and oxygen atoms in total. The molecule has 0 radical (unpaired) electrons. The number of benzene rings is 1. The van der Waals surface area contributed by atoms with Crippen molar-refractivity contribution in [3.63, 3.8) is 0 Å². The maximum atomic E-state index is 8.84. The number of rotatable bonds is 9. The summed E-state index contributed by atoms with van der Waals surface area (Å²) >= 11 is 4.99. The Bertz CT molecular complexity index is 1100.